The summed E-state index contributed by atoms with van der Waals surface area (Å²) in [4.78, 5) is 80.3. The topological polar surface area (TPSA) is 306 Å². The number of aromatic nitrogens is 2. The van der Waals surface area contributed by atoms with Crippen molar-refractivity contribution < 1.29 is 72.9 Å². The summed E-state index contributed by atoms with van der Waals surface area (Å²) in [7, 11) is 1.43. The van der Waals surface area contributed by atoms with Crippen LogP contribution in [-0.2, 0) is 39.9 Å². The van der Waals surface area contributed by atoms with Crippen molar-refractivity contribution in [2.75, 3.05) is 38.7 Å². The molecule has 0 unspecified atom stereocenters. The second-order valence-corrected chi connectivity index (χ2v) is 19.7. The lowest BCUT2D eigenvalue weighted by Gasteiger charge is -2.38. The molecule has 6 heterocycles. The number of Topliss-reactive ketones (excluding diaryl/α,β-unsaturated/α-hetero) is 1. The van der Waals surface area contributed by atoms with Gasteiger partial charge in [-0.2, -0.15) is 0 Å². The Morgan fingerprint density at radius 2 is 1.71 bits per heavy atom. The van der Waals surface area contributed by atoms with E-state index in [-0.39, 0.29) is 113 Å². The second-order valence-electron chi connectivity index (χ2n) is 19.7. The zero-order chi connectivity index (χ0) is 53.0. The minimum Gasteiger partial charge on any atom is -0.507 e. The standard InChI is InChI=1S/C50H61N7O16/c1-23-11-10-12-24(2)47(65)52-39-38-37(53-50(54-38)14-16-55(17-15-50)33(59)22-69-30-19-56-20-32(57(66)67)51-48(56)70-21-30)34-35(43(39)63)42(62)28(6)45-36(34)46(64)49(8,73-45)71-18-13-31(68-9)25(3)44(72-29(7)58)27(5)41(61)26(4)40(23)60/h10-13,18,20,23,25-27,30-31,40-41,44,53,60-63H,14-17,19,21-22H2,1-9H3/t23-,25+,26+,27+,30-,31-,40-,41+,44+,49-/m0/s1. The predicted octanol–water partition coefficient (Wildman–Crippen LogP) is 3.20. The summed E-state index contributed by atoms with van der Waals surface area (Å²) in [5, 5.41) is 61.4. The van der Waals surface area contributed by atoms with Crippen LogP contribution in [0.4, 0.5) is 11.5 Å². The molecule has 2 aromatic carbocycles. The summed E-state index contributed by atoms with van der Waals surface area (Å²) in [5.41, 5.74) is -0.871. The van der Waals surface area contributed by atoms with E-state index in [9.17, 15) is 49.7 Å². The second kappa shape index (κ2) is 20.2. The lowest BCUT2D eigenvalue weighted by Crippen LogP contribution is -2.50. The lowest BCUT2D eigenvalue weighted by atomic mass is 9.78. The van der Waals surface area contributed by atoms with E-state index in [0.29, 0.717) is 0 Å². The molecule has 392 valence electrons. The SMILES string of the molecule is CO[C@H]1C=CO[C@@]2(C)Oc3c(C)c(O)c4c(O)c(c5c(c4c3C2=O)NC2(CCN(C(=O)CO[C@@H]3COc4nc([N+](=O)[O-])cn4C3)CC2)N=5)=NC(=O)C(C)=CC=C[C@H](C)[C@H](O)[C@@H](C)[C@@H](O)[C@@H](C)[C@H](OC(C)=O)[C@@H]1C. The van der Waals surface area contributed by atoms with Gasteiger partial charge in [-0.05, 0) is 24.8 Å². The molecule has 1 aromatic heterocycles. The summed E-state index contributed by atoms with van der Waals surface area (Å²) in [5.74, 6) is -8.60. The third kappa shape index (κ3) is 9.73. The van der Waals surface area contributed by atoms with Crippen LogP contribution in [0, 0.1) is 40.7 Å². The van der Waals surface area contributed by atoms with Gasteiger partial charge in [-0.25, -0.2) is 4.99 Å². The molecule has 1 fully saturated rings. The number of aliphatic hydroxyl groups is 2. The smallest absolute Gasteiger partial charge is 0.414 e. The maximum absolute atomic E-state index is 14.9. The Labute approximate surface area is 418 Å². The highest BCUT2D eigenvalue weighted by atomic mass is 16.7. The Kier molecular flexibility index (Phi) is 14.5. The van der Waals surface area contributed by atoms with Crippen molar-refractivity contribution in [2.24, 2.45) is 33.7 Å². The van der Waals surface area contributed by atoms with Crippen LogP contribution in [0.5, 0.6) is 23.3 Å². The summed E-state index contributed by atoms with van der Waals surface area (Å²) >= 11 is 0. The molecule has 5 N–H and O–H groups in total. The van der Waals surface area contributed by atoms with Gasteiger partial charge in [-0.3, -0.25) is 28.7 Å². The number of hydrogen-bond acceptors (Lipinski definition) is 19. The molecule has 0 aliphatic carbocycles. The van der Waals surface area contributed by atoms with Crippen LogP contribution in [0.25, 0.3) is 10.8 Å². The van der Waals surface area contributed by atoms with Crippen LogP contribution in [0.1, 0.15) is 77.2 Å². The number of nitrogens with zero attached hydrogens (tertiary/aromatic N) is 6. The van der Waals surface area contributed by atoms with Gasteiger partial charge < -0.3 is 69.2 Å². The van der Waals surface area contributed by atoms with E-state index >= 15 is 0 Å². The Hall–Kier alpha value is -6.95. The number of fused-ring (bicyclic) bond motifs is 2. The van der Waals surface area contributed by atoms with Crippen molar-refractivity contribution in [3.05, 3.63) is 74.3 Å². The van der Waals surface area contributed by atoms with Gasteiger partial charge in [0, 0.05) is 92.1 Å². The number of carbonyl (C=O) groups is 4. The summed E-state index contributed by atoms with van der Waals surface area (Å²) in [6.07, 6.45) is 4.48. The number of anilines is 1. The van der Waals surface area contributed by atoms with Crippen LogP contribution in [0.3, 0.4) is 0 Å². The summed E-state index contributed by atoms with van der Waals surface area (Å²) < 4.78 is 36.8. The Morgan fingerprint density at radius 1 is 1.00 bits per heavy atom. The van der Waals surface area contributed by atoms with E-state index in [1.54, 1.807) is 44.7 Å². The van der Waals surface area contributed by atoms with E-state index in [1.807, 2.05) is 0 Å². The minimum absolute atomic E-state index is 0.0149. The van der Waals surface area contributed by atoms with Crippen molar-refractivity contribution in [1.82, 2.24) is 14.5 Å². The summed E-state index contributed by atoms with van der Waals surface area (Å²) in [6.45, 7) is 12.8. The van der Waals surface area contributed by atoms with Crippen LogP contribution in [0.15, 0.2) is 52.3 Å². The molecule has 10 atom stereocenters. The zero-order valence-corrected chi connectivity index (χ0v) is 42.0. The lowest BCUT2D eigenvalue weighted by molar-refractivity contribution is -0.389. The number of nitrogens with one attached hydrogen (secondary N) is 1. The van der Waals surface area contributed by atoms with Gasteiger partial charge >= 0.3 is 23.6 Å². The number of hydrogen-bond donors (Lipinski definition) is 5. The molecule has 5 aliphatic heterocycles. The number of benzene rings is 2. The molecule has 0 saturated carbocycles. The minimum atomic E-state index is -2.05. The van der Waals surface area contributed by atoms with Crippen molar-refractivity contribution >= 4 is 45.8 Å². The van der Waals surface area contributed by atoms with Crippen molar-refractivity contribution in [3.8, 4) is 23.3 Å². The number of imidazole rings is 1. The zero-order valence-electron chi connectivity index (χ0n) is 42.0. The first-order valence-corrected chi connectivity index (χ1v) is 24.1. The van der Waals surface area contributed by atoms with E-state index in [0.717, 1.165) is 0 Å². The fourth-order valence-electron chi connectivity index (χ4n) is 10.3. The normalized spacial score (nSPS) is 29.1. The predicted molar refractivity (Wildman–Crippen MR) is 257 cm³/mol. The number of methoxy groups -OCH3 is 1. The number of esters is 1. The molecule has 2 amide bonds. The molecule has 3 aromatic rings. The number of allylic oxidation sites excluding steroid dienone is 2. The number of ether oxygens (including phenoxy) is 6. The van der Waals surface area contributed by atoms with Crippen LogP contribution in [-0.4, -0.2) is 139 Å². The summed E-state index contributed by atoms with van der Waals surface area (Å²) in [6, 6.07) is 0.0824. The van der Waals surface area contributed by atoms with Crippen molar-refractivity contribution in [3.63, 3.8) is 0 Å². The van der Waals surface area contributed by atoms with Gasteiger partial charge in [0.2, 0.25) is 5.91 Å². The number of phenolic OH excluding ortho intramolecular Hbond substituents is 2. The molecule has 5 aliphatic rings. The number of rotatable bonds is 6. The van der Waals surface area contributed by atoms with E-state index in [4.69, 9.17) is 33.4 Å². The fraction of sp³-hybridized carbons (Fsp3) is 0.540. The van der Waals surface area contributed by atoms with Gasteiger partial charge in [-0.15, -0.1) is 0 Å². The molecule has 0 radical (unpaired) electrons. The largest absolute Gasteiger partial charge is 0.507 e. The molecular weight excluding hydrogens is 955 g/mol. The Bertz CT molecular complexity index is 2980. The number of nitro groups is 1. The molecule has 73 heavy (non-hydrogen) atoms. The number of piperidine rings is 1. The monoisotopic (exact) mass is 1020 g/mol. The number of amides is 2. The molecule has 1 spiro atoms. The maximum atomic E-state index is 14.9. The molecule has 4 bridgehead atoms. The third-order valence-corrected chi connectivity index (χ3v) is 14.7. The highest BCUT2D eigenvalue weighted by molar-refractivity contribution is 6.21. The van der Waals surface area contributed by atoms with Crippen LogP contribution < -0.4 is 25.5 Å². The quantitative estimate of drug-likeness (QED) is 0.102. The highest BCUT2D eigenvalue weighted by Gasteiger charge is 2.51. The fourth-order valence-corrected chi connectivity index (χ4v) is 10.3. The van der Waals surface area contributed by atoms with Crippen molar-refractivity contribution in [1.29, 1.82) is 0 Å². The first kappa shape index (κ1) is 52.4. The molecule has 8 rings (SSSR count). The number of ketones is 1. The average molecular weight is 1020 g/mol. The Balaban J connectivity index is 1.16. The van der Waals surface area contributed by atoms with E-state index < -0.39 is 99.7 Å². The molecule has 23 nitrogen and oxygen atoms in total. The molecule has 1 saturated heterocycles. The van der Waals surface area contributed by atoms with Gasteiger partial charge in [0.25, 0.3) is 11.7 Å². The number of likely N-dealkylation sites (tertiary alicyclic amines) is 1. The van der Waals surface area contributed by atoms with Gasteiger partial charge in [0.1, 0.15) is 59.5 Å². The number of phenols is 2. The van der Waals surface area contributed by atoms with Gasteiger partial charge in [-0.1, -0.05) is 45.9 Å². The average Bonchev–Trinajstić information content (AvgIpc) is 4.04. The van der Waals surface area contributed by atoms with Crippen LogP contribution >= 0.6 is 0 Å². The van der Waals surface area contributed by atoms with Gasteiger partial charge in [0.05, 0.1) is 47.8 Å². The van der Waals surface area contributed by atoms with Crippen LogP contribution in [0.2, 0.25) is 0 Å². The number of carbonyl (C=O) groups excluding carboxylic acids is 4. The number of aliphatic hydroxyl groups excluding tert-OH is 2. The first-order valence-electron chi connectivity index (χ1n) is 24.1. The van der Waals surface area contributed by atoms with E-state index in [2.05, 4.69) is 15.3 Å². The molecular formula is C50H61N7O16. The number of aromatic hydroxyl groups is 2. The Morgan fingerprint density at radius 3 is 2.38 bits per heavy atom. The molecule has 23 heteroatoms. The van der Waals surface area contributed by atoms with E-state index in [1.165, 1.54) is 64.0 Å². The first-order chi connectivity index (χ1) is 34.5. The van der Waals surface area contributed by atoms with Gasteiger partial charge in [0.15, 0.2) is 5.75 Å². The van der Waals surface area contributed by atoms with Crippen molar-refractivity contribution in [2.45, 2.75) is 117 Å². The third-order valence-electron chi connectivity index (χ3n) is 14.7. The maximum Gasteiger partial charge on any atom is 0.414 e. The highest BCUT2D eigenvalue weighted by Crippen LogP contribution is 2.51.